The molecule has 16 rings (SSSR count). The van der Waals surface area contributed by atoms with Gasteiger partial charge in [0.15, 0.2) is 0 Å². The van der Waals surface area contributed by atoms with Crippen LogP contribution in [0.25, 0.3) is 61.0 Å². The van der Waals surface area contributed by atoms with E-state index >= 15 is 0 Å². The van der Waals surface area contributed by atoms with E-state index in [0.717, 1.165) is 56.4 Å². The zero-order chi connectivity index (χ0) is 65.6. The van der Waals surface area contributed by atoms with Crippen molar-refractivity contribution in [2.75, 3.05) is 14.7 Å². The maximum atomic E-state index is 9.11. The number of benzene rings is 11. The van der Waals surface area contributed by atoms with Gasteiger partial charge in [-0.2, -0.15) is 12.1 Å². The zero-order valence-electron chi connectivity index (χ0n) is 57.0. The van der Waals surface area contributed by atoms with Gasteiger partial charge in [-0.25, -0.2) is 4.98 Å². The number of nitrogens with zero attached hydrogens (tertiary/aromatic N) is 5. The van der Waals surface area contributed by atoms with Gasteiger partial charge in [0.05, 0.1) is 22.3 Å². The molecule has 3 aliphatic rings. The van der Waals surface area contributed by atoms with Gasteiger partial charge in [-0.1, -0.05) is 211 Å². The number of aryl methyl sites for hydroxylation is 1. The molecule has 0 atom stereocenters. The van der Waals surface area contributed by atoms with Gasteiger partial charge in [0.2, 0.25) is 0 Å². The Hall–Kier alpha value is -9.74. The maximum absolute atomic E-state index is 9.11. The normalized spacial score (nSPS) is 14.9. The number of rotatable bonds is 8. The smallest absolute Gasteiger partial charge is 0.135 e. The van der Waals surface area contributed by atoms with Gasteiger partial charge in [0.1, 0.15) is 5.82 Å². The van der Waals surface area contributed by atoms with E-state index in [0.29, 0.717) is 22.3 Å². The topological polar surface area (TPSA) is 36.8 Å². The molecule has 11 aromatic carbocycles. The molecule has 0 unspecified atom stereocenters. The molecule has 0 bridgehead atoms. The van der Waals surface area contributed by atoms with Crippen LogP contribution in [0.4, 0.5) is 39.8 Å². The third kappa shape index (κ3) is 8.89. The van der Waals surface area contributed by atoms with Crippen molar-refractivity contribution >= 4 is 61.6 Å². The monoisotopic (exact) mass is 1340 g/mol. The Balaban J connectivity index is 0.00000756. The van der Waals surface area contributed by atoms with E-state index < -0.39 is 24.4 Å². The molecule has 7 heteroatoms. The molecular formula is C82H64N5OPt-3. The van der Waals surface area contributed by atoms with Crippen LogP contribution in [0.15, 0.2) is 255 Å². The van der Waals surface area contributed by atoms with Crippen LogP contribution in [0.3, 0.4) is 0 Å². The van der Waals surface area contributed by atoms with Crippen LogP contribution in [0, 0.1) is 25.7 Å². The molecule has 89 heavy (non-hydrogen) atoms. The molecule has 0 saturated carbocycles. The first kappa shape index (κ1) is 48.3. The number of aromatic nitrogens is 2. The van der Waals surface area contributed by atoms with Crippen molar-refractivity contribution in [2.24, 2.45) is 0 Å². The van der Waals surface area contributed by atoms with Crippen molar-refractivity contribution in [1.82, 2.24) is 9.55 Å². The molecule has 0 fully saturated rings. The summed E-state index contributed by atoms with van der Waals surface area (Å²) in [6, 6.07) is 84.6. The summed E-state index contributed by atoms with van der Waals surface area (Å²) in [7, 11) is 0. The number of fused-ring (bicyclic) bond motifs is 13. The summed E-state index contributed by atoms with van der Waals surface area (Å²) in [4.78, 5) is 11.5. The summed E-state index contributed by atoms with van der Waals surface area (Å²) in [6.45, 7) is 13.4. The van der Waals surface area contributed by atoms with Crippen LogP contribution in [0.1, 0.15) is 90.1 Å². The van der Waals surface area contributed by atoms with Crippen molar-refractivity contribution in [3.05, 3.63) is 313 Å². The van der Waals surface area contributed by atoms with Gasteiger partial charge in [-0.3, -0.25) is 0 Å². The number of anilines is 7. The number of hydrogen-bond donors (Lipinski definition) is 0. The molecule has 436 valence electrons. The molecule has 0 amide bonds. The van der Waals surface area contributed by atoms with Gasteiger partial charge >= 0.3 is 0 Å². The molecule has 4 heterocycles. The summed E-state index contributed by atoms with van der Waals surface area (Å²) < 4.78 is 68.3. The van der Waals surface area contributed by atoms with Crippen molar-refractivity contribution in [3.8, 4) is 50.7 Å². The van der Waals surface area contributed by atoms with E-state index in [4.69, 9.17) is 14.3 Å². The Morgan fingerprint density at radius 3 is 1.84 bits per heavy atom. The number of hydrogen-bond acceptors (Lipinski definition) is 5. The Labute approximate surface area is 546 Å². The second-order valence-corrected chi connectivity index (χ2v) is 25.1. The van der Waals surface area contributed by atoms with Gasteiger partial charge in [-0.05, 0) is 139 Å². The van der Waals surface area contributed by atoms with Crippen LogP contribution in [-0.2, 0) is 37.3 Å². The van der Waals surface area contributed by atoms with Crippen LogP contribution >= 0.6 is 0 Å². The zero-order valence-corrected chi connectivity index (χ0v) is 52.2. The first-order chi connectivity index (χ1) is 45.7. The second-order valence-electron chi connectivity index (χ2n) is 25.1. The predicted molar refractivity (Wildman–Crippen MR) is 363 cm³/mol. The van der Waals surface area contributed by atoms with Gasteiger partial charge in [-0.15, -0.1) is 48.1 Å². The molecule has 6 nitrogen and oxygen atoms in total. The van der Waals surface area contributed by atoms with Crippen molar-refractivity contribution in [2.45, 2.75) is 64.6 Å². The second kappa shape index (κ2) is 21.3. The molecule has 13 aromatic rings. The minimum atomic E-state index is -2.47. The Bertz CT molecular complexity index is 5240. The largest absolute Gasteiger partial charge is 0.509 e. The van der Waals surface area contributed by atoms with Crippen molar-refractivity contribution in [3.63, 3.8) is 0 Å². The van der Waals surface area contributed by atoms with E-state index in [1.165, 1.54) is 62.8 Å². The molecule has 0 N–H and O–H groups in total. The van der Waals surface area contributed by atoms with Crippen LogP contribution in [0.2, 0.25) is 0 Å². The fourth-order valence-electron chi connectivity index (χ4n) is 13.8. The summed E-state index contributed by atoms with van der Waals surface area (Å²) in [5, 5.41) is 0.712. The minimum Gasteiger partial charge on any atom is -0.509 e. The Morgan fingerprint density at radius 1 is 0.517 bits per heavy atom. The molecule has 1 aliphatic carbocycles. The first-order valence-corrected chi connectivity index (χ1v) is 29.9. The Kier molecular flexibility index (Phi) is 11.5. The van der Waals surface area contributed by atoms with Crippen LogP contribution < -0.4 is 19.4 Å². The van der Waals surface area contributed by atoms with E-state index in [1.54, 1.807) is 16.7 Å². The van der Waals surface area contributed by atoms with E-state index in [2.05, 4.69) is 262 Å². The fraction of sp³-hybridized carbons (Fsp3) is 0.122. The van der Waals surface area contributed by atoms with Crippen molar-refractivity contribution in [1.29, 1.82) is 0 Å². The number of pyridine rings is 1. The fourth-order valence-corrected chi connectivity index (χ4v) is 13.8. The predicted octanol–water partition coefficient (Wildman–Crippen LogP) is 21.4. The summed E-state index contributed by atoms with van der Waals surface area (Å²) in [5.74, 6) is 0.793. The molecule has 2 aromatic heterocycles. The molecular weight excluding hydrogens is 1270 g/mol. The van der Waals surface area contributed by atoms with E-state index in [-0.39, 0.29) is 72.0 Å². The molecule has 0 radical (unpaired) electrons. The summed E-state index contributed by atoms with van der Waals surface area (Å²) >= 11 is 0. The third-order valence-corrected chi connectivity index (χ3v) is 17.8. The van der Waals surface area contributed by atoms with Gasteiger partial charge < -0.3 is 24.0 Å². The number of ether oxygens (including phenoxy) is 1. The van der Waals surface area contributed by atoms with Crippen LogP contribution in [-0.4, -0.2) is 9.55 Å². The standard InChI is InChI=1S/C82H64N5O.Pt/c1-53-44-45-83-77(46-53)87-71-37-16-12-28-62(71)63-43-42-60(51-76(63)87)88-59-27-21-26-58(50-59)84-52-85(75-41-20-19-40-74(75)84)79-61(54-47-55(80(2,3)4)49-56(48-54)81(5,6)7)30-22-32-65(79)64-31-23-36-70-78(64)66-29-11-13-33-67(66)82(70)68-34-14-17-38-72(68)86(57-24-9-8-10-25-57)73-39-18-15-35-69(73)82;/h8-49,52H,1-7H3;/q-3;/i1D3,12D,16D,28D,37D;. The quantitative estimate of drug-likeness (QED) is 0.142. The maximum Gasteiger partial charge on any atom is 0.135 e. The van der Waals surface area contributed by atoms with E-state index in [1.807, 2.05) is 18.2 Å². The average molecular weight is 1340 g/mol. The summed E-state index contributed by atoms with van der Waals surface area (Å²) in [6.07, 6.45) is 1.39. The first-order valence-electron chi connectivity index (χ1n) is 33.4. The van der Waals surface area contributed by atoms with Gasteiger partial charge in [0.25, 0.3) is 0 Å². The number of para-hydroxylation sites is 7. The SMILES string of the molecule is [2H]c1c([2H])c([2H])c2c(c1[2H])c1ccc(Oc3[c-]c(N4[CH-]N(c5c(-c6cc(C(C)(C)C)cc(C(C)(C)C)c6)cccc5-c5cccc6c5-c5ccccc5C65c6ccccc6N(c6ccccc6)c6ccccc65)c5ccccc54)ccc3)[c-]c1n2-c1cc(C([2H])([2H])[2H])ccn1.[Pt]. The van der Waals surface area contributed by atoms with Crippen molar-refractivity contribution < 1.29 is 35.4 Å². The van der Waals surface area contributed by atoms with Gasteiger partial charge in [0, 0.05) is 82.3 Å². The molecule has 2 aliphatic heterocycles. The minimum absolute atomic E-state index is 0. The third-order valence-electron chi connectivity index (χ3n) is 17.8. The Morgan fingerprint density at radius 2 is 1.11 bits per heavy atom. The average Bonchev–Trinajstić information content (AvgIpc) is 1.42. The summed E-state index contributed by atoms with van der Waals surface area (Å²) in [5.41, 5.74) is 20.5. The van der Waals surface area contributed by atoms with E-state index in [9.17, 15) is 0 Å². The molecule has 0 saturated heterocycles. The van der Waals surface area contributed by atoms with Crippen LogP contribution in [0.5, 0.6) is 11.5 Å². The molecule has 1 spiro atoms.